The third kappa shape index (κ3) is 7.50. The molecule has 1 aromatic heterocycles. The summed E-state index contributed by atoms with van der Waals surface area (Å²) in [5.41, 5.74) is 1.75. The van der Waals surface area contributed by atoms with Crippen LogP contribution in [0.2, 0.25) is 5.28 Å². The van der Waals surface area contributed by atoms with Gasteiger partial charge < -0.3 is 29.3 Å². The van der Waals surface area contributed by atoms with Crippen molar-refractivity contribution in [1.29, 1.82) is 0 Å². The van der Waals surface area contributed by atoms with E-state index in [1.54, 1.807) is 9.80 Å². The Morgan fingerprint density at radius 3 is 2.49 bits per heavy atom. The number of carboxylic acids is 1. The second kappa shape index (κ2) is 12.1. The number of anilines is 1. The zero-order chi connectivity index (χ0) is 28.2. The van der Waals surface area contributed by atoms with E-state index in [9.17, 15) is 19.5 Å². The molecule has 2 amide bonds. The molecule has 0 saturated carbocycles. The molecule has 1 saturated heterocycles. The van der Waals surface area contributed by atoms with Gasteiger partial charge in [0.25, 0.3) is 0 Å². The Labute approximate surface area is 232 Å². The highest BCUT2D eigenvalue weighted by atomic mass is 35.5. The smallest absolute Gasteiger partial charge is 0.410 e. The molecule has 1 aromatic carbocycles. The first kappa shape index (κ1) is 28.4. The molecule has 0 radical (unpaired) electrons. The average Bonchev–Trinajstić information content (AvgIpc) is 2.89. The van der Waals surface area contributed by atoms with Gasteiger partial charge in [-0.15, -0.1) is 0 Å². The number of rotatable bonds is 6. The fourth-order valence-electron chi connectivity index (χ4n) is 4.75. The number of carbonyl (C=O) groups is 3. The zero-order valence-electron chi connectivity index (χ0n) is 22.4. The molecular weight excluding hydrogens is 526 g/mol. The number of hydrogen-bond donors (Lipinski definition) is 1. The summed E-state index contributed by atoms with van der Waals surface area (Å²) in [6.07, 6.45) is -0.146. The summed E-state index contributed by atoms with van der Waals surface area (Å²) in [6.45, 7) is 7.32. The van der Waals surface area contributed by atoms with Crippen molar-refractivity contribution in [3.8, 4) is 0 Å². The summed E-state index contributed by atoms with van der Waals surface area (Å²) in [5.74, 6) is -0.309. The molecule has 4 rings (SSSR count). The molecule has 1 atom stereocenters. The van der Waals surface area contributed by atoms with E-state index in [0.717, 1.165) is 11.1 Å². The van der Waals surface area contributed by atoms with Crippen molar-refractivity contribution in [3.05, 3.63) is 52.4 Å². The molecule has 0 spiro atoms. The Morgan fingerprint density at radius 2 is 1.79 bits per heavy atom. The normalized spacial score (nSPS) is 17.4. The molecule has 12 heteroatoms. The van der Waals surface area contributed by atoms with Gasteiger partial charge in [-0.3, -0.25) is 4.79 Å². The maximum absolute atomic E-state index is 12.9. The molecule has 39 heavy (non-hydrogen) atoms. The quantitative estimate of drug-likeness (QED) is 0.520. The van der Waals surface area contributed by atoms with Crippen molar-refractivity contribution in [1.82, 2.24) is 19.8 Å². The van der Waals surface area contributed by atoms with Crippen LogP contribution in [0.1, 0.15) is 50.4 Å². The van der Waals surface area contributed by atoms with Crippen molar-refractivity contribution in [2.24, 2.45) is 0 Å². The van der Waals surface area contributed by atoms with Crippen LogP contribution in [0.25, 0.3) is 0 Å². The molecule has 2 aliphatic rings. The number of carboxylic acid groups (broad SMARTS) is 1. The number of aromatic nitrogens is 2. The Bertz CT molecular complexity index is 1210. The minimum Gasteiger partial charge on any atom is -0.481 e. The van der Waals surface area contributed by atoms with Gasteiger partial charge in [0, 0.05) is 44.2 Å². The van der Waals surface area contributed by atoms with Gasteiger partial charge in [-0.1, -0.05) is 30.3 Å². The van der Waals surface area contributed by atoms with Crippen molar-refractivity contribution in [2.45, 2.75) is 64.8 Å². The van der Waals surface area contributed by atoms with E-state index >= 15 is 0 Å². The minimum absolute atomic E-state index is 0.0384. The van der Waals surface area contributed by atoms with Crippen LogP contribution in [-0.4, -0.2) is 80.9 Å². The van der Waals surface area contributed by atoms with Gasteiger partial charge >= 0.3 is 18.2 Å². The van der Waals surface area contributed by atoms with Crippen LogP contribution < -0.4 is 4.90 Å². The zero-order valence-corrected chi connectivity index (χ0v) is 23.2. The summed E-state index contributed by atoms with van der Waals surface area (Å²) in [5, 5.41) is 9.40. The highest BCUT2D eigenvalue weighted by Crippen LogP contribution is 2.32. The van der Waals surface area contributed by atoms with E-state index in [1.165, 1.54) is 0 Å². The third-order valence-electron chi connectivity index (χ3n) is 6.58. The number of amides is 2. The third-order valence-corrected chi connectivity index (χ3v) is 6.75. The Balaban J connectivity index is 1.51. The van der Waals surface area contributed by atoms with Gasteiger partial charge in [-0.25, -0.2) is 19.6 Å². The number of halogens is 1. The topological polar surface area (TPSA) is 125 Å². The molecule has 1 fully saturated rings. The van der Waals surface area contributed by atoms with Crippen LogP contribution >= 0.6 is 11.6 Å². The first-order chi connectivity index (χ1) is 18.5. The average molecular weight is 560 g/mol. The Hall–Kier alpha value is -3.60. The molecule has 1 N–H and O–H groups in total. The van der Waals surface area contributed by atoms with Gasteiger partial charge in [0.1, 0.15) is 18.0 Å². The second-order valence-corrected chi connectivity index (χ2v) is 11.0. The van der Waals surface area contributed by atoms with E-state index in [4.69, 9.17) is 21.1 Å². The fourth-order valence-corrected chi connectivity index (χ4v) is 4.93. The van der Waals surface area contributed by atoms with Gasteiger partial charge in [0.15, 0.2) is 0 Å². The largest absolute Gasteiger partial charge is 0.481 e. The maximum Gasteiger partial charge on any atom is 0.410 e. The summed E-state index contributed by atoms with van der Waals surface area (Å²) in [4.78, 5) is 51.1. The Morgan fingerprint density at radius 1 is 1.05 bits per heavy atom. The number of nitrogens with zero attached hydrogens (tertiary/aromatic N) is 5. The predicted octanol–water partition coefficient (Wildman–Crippen LogP) is 4.12. The highest BCUT2D eigenvalue weighted by Gasteiger charge is 2.35. The number of hydrogen-bond acceptors (Lipinski definition) is 8. The summed E-state index contributed by atoms with van der Waals surface area (Å²) in [6, 6.07) is 9.09. The minimum atomic E-state index is -0.922. The molecule has 3 heterocycles. The molecule has 210 valence electrons. The summed E-state index contributed by atoms with van der Waals surface area (Å²) in [7, 11) is 0. The van der Waals surface area contributed by atoms with Gasteiger partial charge in [0.05, 0.1) is 12.2 Å². The van der Waals surface area contributed by atoms with Gasteiger partial charge in [-0.2, -0.15) is 0 Å². The fraction of sp³-hybridized carbons (Fsp3) is 0.519. The lowest BCUT2D eigenvalue weighted by molar-refractivity contribution is -0.137. The van der Waals surface area contributed by atoms with Crippen LogP contribution in [0.5, 0.6) is 0 Å². The van der Waals surface area contributed by atoms with E-state index < -0.39 is 23.8 Å². The van der Waals surface area contributed by atoms with Crippen LogP contribution in [0.3, 0.4) is 0 Å². The van der Waals surface area contributed by atoms with E-state index in [1.807, 2.05) is 56.0 Å². The highest BCUT2D eigenvalue weighted by molar-refractivity contribution is 6.28. The number of ether oxygens (including phenoxy) is 2. The molecule has 0 aliphatic carbocycles. The van der Waals surface area contributed by atoms with Crippen LogP contribution in [0.15, 0.2) is 30.3 Å². The summed E-state index contributed by atoms with van der Waals surface area (Å²) < 4.78 is 11.0. The Kier molecular flexibility index (Phi) is 8.79. The monoisotopic (exact) mass is 559 g/mol. The second-order valence-electron chi connectivity index (χ2n) is 10.7. The lowest BCUT2D eigenvalue weighted by Gasteiger charge is -2.43. The van der Waals surface area contributed by atoms with E-state index in [2.05, 4.69) is 9.97 Å². The van der Waals surface area contributed by atoms with E-state index in [0.29, 0.717) is 44.0 Å². The number of piperazine rings is 1. The number of fused-ring (bicyclic) bond motifs is 1. The molecular formula is C27H34ClN5O6. The maximum atomic E-state index is 12.9. The van der Waals surface area contributed by atoms with Crippen molar-refractivity contribution < 1.29 is 29.0 Å². The summed E-state index contributed by atoms with van der Waals surface area (Å²) >= 11 is 6.33. The first-order valence-corrected chi connectivity index (χ1v) is 13.3. The predicted molar refractivity (Wildman–Crippen MR) is 144 cm³/mol. The molecule has 1 unspecified atom stereocenters. The molecule has 2 aliphatic heterocycles. The van der Waals surface area contributed by atoms with Crippen molar-refractivity contribution >= 4 is 35.6 Å². The number of aliphatic carboxylic acids is 1. The number of benzene rings is 1. The first-order valence-electron chi connectivity index (χ1n) is 13.0. The lowest BCUT2D eigenvalue weighted by Crippen LogP contribution is -2.56. The van der Waals surface area contributed by atoms with E-state index in [-0.39, 0.29) is 37.4 Å². The standard InChI is InChI=1S/C27H34ClN5O6/c1-27(2,3)39-26(37)31-12-11-20-21(16-31)29-24(28)30-23(20)33-14-13-32(15-19(33)9-10-22(34)35)25(36)38-17-18-7-5-4-6-8-18/h4-8,19H,9-17H2,1-3H3,(H,34,35). The molecule has 11 nitrogen and oxygen atoms in total. The molecule has 0 bridgehead atoms. The lowest BCUT2D eigenvalue weighted by atomic mass is 10.0. The van der Waals surface area contributed by atoms with Gasteiger partial charge in [0.2, 0.25) is 5.28 Å². The van der Waals surface area contributed by atoms with Crippen LogP contribution in [0, 0.1) is 0 Å². The van der Waals surface area contributed by atoms with Crippen molar-refractivity contribution in [3.63, 3.8) is 0 Å². The van der Waals surface area contributed by atoms with Crippen molar-refractivity contribution in [2.75, 3.05) is 31.1 Å². The van der Waals surface area contributed by atoms with Crippen LogP contribution in [-0.2, 0) is 33.8 Å². The van der Waals surface area contributed by atoms with Gasteiger partial charge in [-0.05, 0) is 50.8 Å². The SMILES string of the molecule is CC(C)(C)OC(=O)N1CCc2c(nc(Cl)nc2N2CCN(C(=O)OCc3ccccc3)CC2CCC(=O)O)C1. The number of carbonyl (C=O) groups excluding carboxylic acids is 2. The van der Waals surface area contributed by atoms with Crippen LogP contribution in [0.4, 0.5) is 15.4 Å². The molecule has 2 aromatic rings.